The first-order valence-corrected chi connectivity index (χ1v) is 11.4. The minimum absolute atomic E-state index is 0.0282. The van der Waals surface area contributed by atoms with Gasteiger partial charge in [-0.1, -0.05) is 66.7 Å². The summed E-state index contributed by atoms with van der Waals surface area (Å²) in [4.78, 5) is 16.5. The fourth-order valence-electron chi connectivity index (χ4n) is 4.28. The predicted octanol–water partition coefficient (Wildman–Crippen LogP) is 4.54. The number of hydrogen-bond acceptors (Lipinski definition) is 4. The van der Waals surface area contributed by atoms with Crippen LogP contribution in [0.2, 0.25) is 0 Å². The Morgan fingerprint density at radius 2 is 1.81 bits per heavy atom. The van der Waals surface area contributed by atoms with Gasteiger partial charge in [-0.2, -0.15) is 5.10 Å². The van der Waals surface area contributed by atoms with E-state index in [0.717, 1.165) is 30.2 Å². The third kappa shape index (κ3) is 4.45. The molecule has 156 valence electrons. The molecule has 4 aromatic rings. The van der Waals surface area contributed by atoms with Crippen LogP contribution < -0.4 is 5.32 Å². The fraction of sp³-hybridized carbons (Fsp3) is 0.200. The number of amides is 1. The van der Waals surface area contributed by atoms with Crippen molar-refractivity contribution in [2.45, 2.75) is 18.5 Å². The van der Waals surface area contributed by atoms with Gasteiger partial charge in [0, 0.05) is 31.6 Å². The Kier molecular flexibility index (Phi) is 5.65. The number of benzene rings is 2. The molecule has 5 rings (SSSR count). The van der Waals surface area contributed by atoms with Gasteiger partial charge in [-0.15, -0.1) is 11.3 Å². The Balaban J connectivity index is 1.33. The van der Waals surface area contributed by atoms with Gasteiger partial charge >= 0.3 is 0 Å². The number of nitrogens with one attached hydrogen (secondary N) is 2. The molecule has 2 aromatic carbocycles. The molecule has 6 heteroatoms. The van der Waals surface area contributed by atoms with E-state index in [1.807, 2.05) is 35.7 Å². The van der Waals surface area contributed by atoms with Crippen LogP contribution in [0, 0.1) is 0 Å². The van der Waals surface area contributed by atoms with Gasteiger partial charge in [0.05, 0.1) is 10.6 Å². The number of hydrogen-bond donors (Lipinski definition) is 2. The van der Waals surface area contributed by atoms with Crippen molar-refractivity contribution in [2.75, 3.05) is 13.1 Å². The Morgan fingerprint density at radius 1 is 1.03 bits per heavy atom. The summed E-state index contributed by atoms with van der Waals surface area (Å²) in [6.07, 6.45) is 0. The zero-order valence-corrected chi connectivity index (χ0v) is 17.9. The lowest BCUT2D eigenvalue weighted by molar-refractivity contribution is 0.0930. The smallest absolute Gasteiger partial charge is 0.272 e. The lowest BCUT2D eigenvalue weighted by Gasteiger charge is -2.19. The lowest BCUT2D eigenvalue weighted by Crippen LogP contribution is -2.40. The van der Waals surface area contributed by atoms with Gasteiger partial charge in [0.2, 0.25) is 0 Å². The maximum atomic E-state index is 13.0. The predicted molar refractivity (Wildman–Crippen MR) is 124 cm³/mol. The first-order valence-electron chi connectivity index (χ1n) is 10.5. The minimum Gasteiger partial charge on any atom is -0.346 e. The van der Waals surface area contributed by atoms with E-state index >= 15 is 0 Å². The molecule has 0 bridgehead atoms. The molecule has 0 saturated carbocycles. The summed E-state index contributed by atoms with van der Waals surface area (Å²) < 4.78 is 0. The van der Waals surface area contributed by atoms with E-state index in [1.165, 1.54) is 11.1 Å². The highest BCUT2D eigenvalue weighted by Crippen LogP contribution is 2.29. The summed E-state index contributed by atoms with van der Waals surface area (Å²) in [6.45, 7) is 2.59. The van der Waals surface area contributed by atoms with Crippen molar-refractivity contribution in [3.05, 3.63) is 101 Å². The van der Waals surface area contributed by atoms with Crippen LogP contribution in [-0.4, -0.2) is 40.1 Å². The number of carbonyl (C=O) groups excluding carboxylic acids is 1. The van der Waals surface area contributed by atoms with Gasteiger partial charge in [-0.3, -0.25) is 14.8 Å². The van der Waals surface area contributed by atoms with Crippen LogP contribution >= 0.6 is 11.3 Å². The summed E-state index contributed by atoms with van der Waals surface area (Å²) in [5, 5.41) is 12.5. The average molecular weight is 429 g/mol. The molecule has 31 heavy (non-hydrogen) atoms. The van der Waals surface area contributed by atoms with Gasteiger partial charge in [-0.05, 0) is 28.6 Å². The maximum Gasteiger partial charge on any atom is 0.272 e. The quantitative estimate of drug-likeness (QED) is 0.474. The van der Waals surface area contributed by atoms with E-state index in [1.54, 1.807) is 11.3 Å². The summed E-state index contributed by atoms with van der Waals surface area (Å²) in [5.41, 5.74) is 3.84. The molecule has 1 fully saturated rings. The van der Waals surface area contributed by atoms with Crippen molar-refractivity contribution in [3.8, 4) is 10.6 Å². The molecule has 0 spiro atoms. The number of thiophene rings is 1. The summed E-state index contributed by atoms with van der Waals surface area (Å²) in [7, 11) is 0. The Hall–Kier alpha value is -3.22. The summed E-state index contributed by atoms with van der Waals surface area (Å²) in [6, 6.07) is 26.8. The molecule has 1 aliphatic rings. The molecule has 1 aliphatic heterocycles. The molecule has 2 N–H and O–H groups in total. The largest absolute Gasteiger partial charge is 0.346 e. The van der Waals surface area contributed by atoms with Crippen molar-refractivity contribution < 1.29 is 4.79 Å². The van der Waals surface area contributed by atoms with Gasteiger partial charge in [0.15, 0.2) is 5.69 Å². The molecule has 0 unspecified atom stereocenters. The van der Waals surface area contributed by atoms with E-state index in [2.05, 4.69) is 68.9 Å². The molecule has 1 saturated heterocycles. The first kappa shape index (κ1) is 19.7. The SMILES string of the molecule is O=C(N[C@@H]1CN(Cc2ccccc2)C[C@H]1c1ccccc1)c1cc(-c2cccs2)[nH]n1. The van der Waals surface area contributed by atoms with E-state index in [4.69, 9.17) is 0 Å². The number of H-pyrrole nitrogens is 1. The van der Waals surface area contributed by atoms with Crippen LogP contribution in [0.25, 0.3) is 10.6 Å². The second kappa shape index (κ2) is 8.88. The van der Waals surface area contributed by atoms with Gasteiger partial charge in [-0.25, -0.2) is 0 Å². The van der Waals surface area contributed by atoms with Crippen molar-refractivity contribution in [1.29, 1.82) is 0 Å². The highest BCUT2D eigenvalue weighted by molar-refractivity contribution is 7.13. The second-order valence-electron chi connectivity index (χ2n) is 7.92. The van der Waals surface area contributed by atoms with Crippen LogP contribution in [0.1, 0.15) is 27.5 Å². The zero-order valence-electron chi connectivity index (χ0n) is 17.1. The standard InChI is InChI=1S/C25H24N4OS/c30-25(22-14-21(27-28-22)24-12-7-13-31-24)26-23-17-29(15-18-8-3-1-4-9-18)16-20(23)19-10-5-2-6-11-19/h1-14,20,23H,15-17H2,(H,26,30)(H,27,28)/t20-,23+/m0/s1. The van der Waals surface area contributed by atoms with Crippen molar-refractivity contribution in [3.63, 3.8) is 0 Å². The van der Waals surface area contributed by atoms with E-state index < -0.39 is 0 Å². The Bertz CT molecular complexity index is 1120. The number of nitrogens with zero attached hydrogens (tertiary/aromatic N) is 2. The fourth-order valence-corrected chi connectivity index (χ4v) is 4.97. The van der Waals surface area contributed by atoms with Crippen LogP contribution in [0.15, 0.2) is 84.2 Å². The second-order valence-corrected chi connectivity index (χ2v) is 8.87. The maximum absolute atomic E-state index is 13.0. The third-order valence-electron chi connectivity index (χ3n) is 5.79. The molecule has 5 nitrogen and oxygen atoms in total. The van der Waals surface area contributed by atoms with Crippen molar-refractivity contribution in [1.82, 2.24) is 20.4 Å². The van der Waals surface area contributed by atoms with Crippen molar-refractivity contribution in [2.24, 2.45) is 0 Å². The number of aromatic nitrogens is 2. The van der Waals surface area contributed by atoms with Crippen molar-refractivity contribution >= 4 is 17.2 Å². The first-order chi connectivity index (χ1) is 15.3. The highest BCUT2D eigenvalue weighted by Gasteiger charge is 2.35. The molecular formula is C25H24N4OS. The third-order valence-corrected chi connectivity index (χ3v) is 6.69. The van der Waals surface area contributed by atoms with Crippen LogP contribution in [0.4, 0.5) is 0 Å². The monoisotopic (exact) mass is 428 g/mol. The van der Waals surface area contributed by atoms with E-state index in [0.29, 0.717) is 5.69 Å². The van der Waals surface area contributed by atoms with E-state index in [9.17, 15) is 4.79 Å². The van der Waals surface area contributed by atoms with E-state index in [-0.39, 0.29) is 17.9 Å². The lowest BCUT2D eigenvalue weighted by atomic mass is 9.94. The minimum atomic E-state index is -0.133. The molecule has 2 atom stereocenters. The molecule has 2 aromatic heterocycles. The number of aromatic amines is 1. The topological polar surface area (TPSA) is 61.0 Å². The van der Waals surface area contributed by atoms with Crippen LogP contribution in [0.5, 0.6) is 0 Å². The molecule has 1 amide bonds. The Labute approximate surface area is 185 Å². The van der Waals surface area contributed by atoms with Gasteiger partial charge in [0.25, 0.3) is 5.91 Å². The molecular weight excluding hydrogens is 404 g/mol. The van der Waals surface area contributed by atoms with Crippen LogP contribution in [0.3, 0.4) is 0 Å². The number of carbonyl (C=O) groups is 1. The number of likely N-dealkylation sites (tertiary alicyclic amines) is 1. The summed E-state index contributed by atoms with van der Waals surface area (Å²) >= 11 is 1.62. The molecule has 0 aliphatic carbocycles. The normalized spacial score (nSPS) is 18.8. The summed E-state index contributed by atoms with van der Waals surface area (Å²) in [5.74, 6) is 0.108. The van der Waals surface area contributed by atoms with Gasteiger partial charge < -0.3 is 5.32 Å². The van der Waals surface area contributed by atoms with Gasteiger partial charge in [0.1, 0.15) is 0 Å². The average Bonchev–Trinajstić information content (AvgIpc) is 3.56. The molecule has 3 heterocycles. The molecule has 0 radical (unpaired) electrons. The highest BCUT2D eigenvalue weighted by atomic mass is 32.1. The number of rotatable bonds is 6. The Morgan fingerprint density at radius 3 is 2.55 bits per heavy atom. The zero-order chi connectivity index (χ0) is 21.0. The van der Waals surface area contributed by atoms with Crippen LogP contribution in [-0.2, 0) is 6.54 Å².